The first kappa shape index (κ1) is 12.6. The van der Waals surface area contributed by atoms with Crippen LogP contribution in [0.5, 0.6) is 0 Å². The number of aromatic nitrogens is 1. The maximum absolute atomic E-state index is 4.63. The minimum atomic E-state index is 1.01. The summed E-state index contributed by atoms with van der Waals surface area (Å²) >= 11 is 0. The molecule has 0 bridgehead atoms. The van der Waals surface area contributed by atoms with Crippen LogP contribution in [0.15, 0.2) is 72.9 Å². The molecule has 20 heavy (non-hydrogen) atoms. The van der Waals surface area contributed by atoms with Crippen LogP contribution in [0.1, 0.15) is 12.5 Å². The van der Waals surface area contributed by atoms with E-state index in [-0.39, 0.29) is 0 Å². The maximum Gasteiger partial charge on any atom is 0.0783 e. The SMILES string of the molecule is CCc1ccnc(-c2ccccc2)c1-c1ccccc1. The average Bonchev–Trinajstić information content (AvgIpc) is 2.55. The number of rotatable bonds is 3. The molecular formula is C19H17N. The van der Waals surface area contributed by atoms with Crippen LogP contribution in [0.3, 0.4) is 0 Å². The van der Waals surface area contributed by atoms with E-state index < -0.39 is 0 Å². The summed E-state index contributed by atoms with van der Waals surface area (Å²) in [5.41, 5.74) is 6.06. The second-order valence-electron chi connectivity index (χ2n) is 4.78. The summed E-state index contributed by atoms with van der Waals surface area (Å²) in [6, 6.07) is 23.0. The summed E-state index contributed by atoms with van der Waals surface area (Å²) < 4.78 is 0. The normalized spacial score (nSPS) is 10.4. The third kappa shape index (κ3) is 2.35. The monoisotopic (exact) mass is 259 g/mol. The molecule has 0 saturated heterocycles. The van der Waals surface area contributed by atoms with Crippen molar-refractivity contribution in [3.05, 3.63) is 78.5 Å². The average molecular weight is 259 g/mol. The Morgan fingerprint density at radius 1 is 0.750 bits per heavy atom. The Balaban J connectivity index is 2.26. The van der Waals surface area contributed by atoms with Gasteiger partial charge in [-0.25, -0.2) is 0 Å². The number of aryl methyl sites for hydroxylation is 1. The van der Waals surface area contributed by atoms with E-state index in [9.17, 15) is 0 Å². The third-order valence-corrected chi connectivity index (χ3v) is 3.53. The molecule has 0 aliphatic heterocycles. The van der Waals surface area contributed by atoms with Gasteiger partial charge >= 0.3 is 0 Å². The number of hydrogen-bond acceptors (Lipinski definition) is 1. The minimum absolute atomic E-state index is 1.01. The molecule has 1 aromatic heterocycles. The van der Waals surface area contributed by atoms with Gasteiger partial charge in [-0.15, -0.1) is 0 Å². The Morgan fingerprint density at radius 2 is 1.35 bits per heavy atom. The molecule has 0 radical (unpaired) electrons. The van der Waals surface area contributed by atoms with Crippen molar-refractivity contribution in [3.63, 3.8) is 0 Å². The second-order valence-corrected chi connectivity index (χ2v) is 4.78. The summed E-state index contributed by atoms with van der Waals surface area (Å²) in [4.78, 5) is 4.63. The van der Waals surface area contributed by atoms with Gasteiger partial charge < -0.3 is 0 Å². The molecule has 0 amide bonds. The maximum atomic E-state index is 4.63. The summed E-state index contributed by atoms with van der Waals surface area (Å²) in [5, 5.41) is 0. The first-order valence-corrected chi connectivity index (χ1v) is 6.99. The molecule has 1 heterocycles. The van der Waals surface area contributed by atoms with Gasteiger partial charge in [0, 0.05) is 17.3 Å². The van der Waals surface area contributed by atoms with E-state index in [2.05, 4.69) is 66.5 Å². The number of hydrogen-bond donors (Lipinski definition) is 0. The van der Waals surface area contributed by atoms with E-state index in [4.69, 9.17) is 0 Å². The van der Waals surface area contributed by atoms with Gasteiger partial charge in [-0.05, 0) is 23.6 Å². The highest BCUT2D eigenvalue weighted by molar-refractivity contribution is 5.83. The summed E-state index contributed by atoms with van der Waals surface area (Å²) in [5.74, 6) is 0. The first-order chi connectivity index (χ1) is 9.90. The molecule has 0 aliphatic carbocycles. The summed E-state index contributed by atoms with van der Waals surface area (Å²) in [6.07, 6.45) is 2.92. The van der Waals surface area contributed by atoms with Crippen molar-refractivity contribution >= 4 is 0 Å². The smallest absolute Gasteiger partial charge is 0.0783 e. The van der Waals surface area contributed by atoms with E-state index in [1.165, 1.54) is 22.3 Å². The zero-order chi connectivity index (χ0) is 13.8. The van der Waals surface area contributed by atoms with Crippen LogP contribution in [0.25, 0.3) is 22.4 Å². The highest BCUT2D eigenvalue weighted by atomic mass is 14.7. The number of nitrogens with zero attached hydrogens (tertiary/aromatic N) is 1. The quantitative estimate of drug-likeness (QED) is 0.646. The van der Waals surface area contributed by atoms with Gasteiger partial charge in [0.25, 0.3) is 0 Å². The molecule has 3 aromatic rings. The van der Waals surface area contributed by atoms with Gasteiger partial charge in [0.1, 0.15) is 0 Å². The van der Waals surface area contributed by atoms with Crippen molar-refractivity contribution in [2.45, 2.75) is 13.3 Å². The first-order valence-electron chi connectivity index (χ1n) is 6.99. The van der Waals surface area contributed by atoms with Crippen LogP contribution in [-0.2, 0) is 6.42 Å². The largest absolute Gasteiger partial charge is 0.256 e. The summed E-state index contributed by atoms with van der Waals surface area (Å²) in [7, 11) is 0. The molecule has 98 valence electrons. The number of pyridine rings is 1. The lowest BCUT2D eigenvalue weighted by molar-refractivity contribution is 1.12. The molecule has 0 aliphatic rings. The standard InChI is InChI=1S/C19H17N/c1-2-15-13-14-20-19(17-11-7-4-8-12-17)18(15)16-9-5-3-6-10-16/h3-14H,2H2,1H3. The molecule has 0 saturated carbocycles. The third-order valence-electron chi connectivity index (χ3n) is 3.53. The van der Waals surface area contributed by atoms with Crippen LogP contribution in [0.4, 0.5) is 0 Å². The van der Waals surface area contributed by atoms with Gasteiger partial charge in [-0.3, -0.25) is 4.98 Å². The fourth-order valence-electron chi connectivity index (χ4n) is 2.54. The Labute approximate surface area is 119 Å². The molecule has 1 heteroatoms. The van der Waals surface area contributed by atoms with Crippen molar-refractivity contribution in [2.75, 3.05) is 0 Å². The van der Waals surface area contributed by atoms with Gasteiger partial charge in [0.15, 0.2) is 0 Å². The molecule has 0 fully saturated rings. The zero-order valence-corrected chi connectivity index (χ0v) is 11.6. The molecule has 1 nitrogen and oxygen atoms in total. The van der Waals surface area contributed by atoms with Gasteiger partial charge in [0.2, 0.25) is 0 Å². The van der Waals surface area contributed by atoms with Crippen molar-refractivity contribution in [1.29, 1.82) is 0 Å². The predicted octanol–water partition coefficient (Wildman–Crippen LogP) is 4.98. The summed E-state index contributed by atoms with van der Waals surface area (Å²) in [6.45, 7) is 2.19. The molecule has 3 rings (SSSR count). The van der Waals surface area contributed by atoms with E-state index in [0.29, 0.717) is 0 Å². The van der Waals surface area contributed by atoms with E-state index in [1.807, 2.05) is 18.3 Å². The lowest BCUT2D eigenvalue weighted by Gasteiger charge is -2.13. The highest BCUT2D eigenvalue weighted by Crippen LogP contribution is 2.33. The molecule has 2 aromatic carbocycles. The lowest BCUT2D eigenvalue weighted by Crippen LogP contribution is -1.94. The fraction of sp³-hybridized carbons (Fsp3) is 0.105. The molecule has 0 N–H and O–H groups in total. The molecular weight excluding hydrogens is 242 g/mol. The van der Waals surface area contributed by atoms with Crippen molar-refractivity contribution < 1.29 is 0 Å². The molecule has 0 atom stereocenters. The minimum Gasteiger partial charge on any atom is -0.256 e. The van der Waals surface area contributed by atoms with Crippen LogP contribution >= 0.6 is 0 Å². The highest BCUT2D eigenvalue weighted by Gasteiger charge is 2.12. The van der Waals surface area contributed by atoms with Crippen molar-refractivity contribution in [1.82, 2.24) is 4.98 Å². The Morgan fingerprint density at radius 3 is 1.95 bits per heavy atom. The fourth-order valence-corrected chi connectivity index (χ4v) is 2.54. The van der Waals surface area contributed by atoms with E-state index >= 15 is 0 Å². The molecule has 0 spiro atoms. The van der Waals surface area contributed by atoms with Crippen LogP contribution in [0, 0.1) is 0 Å². The van der Waals surface area contributed by atoms with Crippen LogP contribution in [0.2, 0.25) is 0 Å². The predicted molar refractivity (Wildman–Crippen MR) is 84.5 cm³/mol. The van der Waals surface area contributed by atoms with Gasteiger partial charge in [-0.1, -0.05) is 67.6 Å². The Bertz CT molecular complexity index is 687. The van der Waals surface area contributed by atoms with E-state index in [1.54, 1.807) is 0 Å². The van der Waals surface area contributed by atoms with Gasteiger partial charge in [0.05, 0.1) is 5.69 Å². The molecule has 0 unspecified atom stereocenters. The topological polar surface area (TPSA) is 12.9 Å². The van der Waals surface area contributed by atoms with Crippen LogP contribution < -0.4 is 0 Å². The van der Waals surface area contributed by atoms with E-state index in [0.717, 1.165) is 12.1 Å². The lowest BCUT2D eigenvalue weighted by atomic mass is 9.94. The van der Waals surface area contributed by atoms with Crippen molar-refractivity contribution in [3.8, 4) is 22.4 Å². The van der Waals surface area contributed by atoms with Gasteiger partial charge in [-0.2, -0.15) is 0 Å². The van der Waals surface area contributed by atoms with Crippen LogP contribution in [-0.4, -0.2) is 4.98 Å². The zero-order valence-electron chi connectivity index (χ0n) is 11.6. The van der Waals surface area contributed by atoms with Crippen molar-refractivity contribution in [2.24, 2.45) is 0 Å². The Kier molecular flexibility index (Phi) is 3.60. The number of benzene rings is 2. The second kappa shape index (κ2) is 5.70. The Hall–Kier alpha value is -2.41.